The molecule has 0 unspecified atom stereocenters. The van der Waals surface area contributed by atoms with E-state index in [4.69, 9.17) is 9.47 Å². The minimum atomic E-state index is -0.708. The van der Waals surface area contributed by atoms with Gasteiger partial charge in [0.05, 0.1) is 30.6 Å². The molecule has 1 aromatic rings. The van der Waals surface area contributed by atoms with Crippen LogP contribution in [0.4, 0.5) is 5.69 Å². The number of allylic oxidation sites excluding steroid dienone is 1. The third-order valence-electron chi connectivity index (χ3n) is 2.89. The maximum absolute atomic E-state index is 12.1. The highest BCUT2D eigenvalue weighted by Crippen LogP contribution is 2.31. The number of hydrogen-bond acceptors (Lipinski definition) is 5. The number of Topliss-reactive ketones (excluding diaryl/α,β-unsaturated/α-hetero) is 1. The number of methoxy groups -OCH3 is 1. The zero-order valence-corrected chi connectivity index (χ0v) is 11.7. The fourth-order valence-electron chi connectivity index (χ4n) is 1.80. The molecule has 0 fully saturated rings. The molecule has 0 bridgehead atoms. The van der Waals surface area contributed by atoms with Crippen LogP contribution in [0.3, 0.4) is 0 Å². The van der Waals surface area contributed by atoms with Crippen molar-refractivity contribution in [3.05, 3.63) is 46.2 Å². The van der Waals surface area contributed by atoms with Crippen molar-refractivity contribution < 1.29 is 19.2 Å². The van der Waals surface area contributed by atoms with Crippen molar-refractivity contribution in [3.63, 3.8) is 0 Å². The number of carbonyl (C=O) groups is 1. The molecule has 0 saturated carbocycles. The summed E-state index contributed by atoms with van der Waals surface area (Å²) in [5.74, 6) is -0.714. The molecule has 6 heteroatoms. The first-order valence-electron chi connectivity index (χ1n) is 6.10. The maximum Gasteiger partial charge on any atom is 0.277 e. The van der Waals surface area contributed by atoms with E-state index < -0.39 is 10.8 Å². The summed E-state index contributed by atoms with van der Waals surface area (Å²) in [6.45, 7) is 7.17. The Morgan fingerprint density at radius 1 is 1.50 bits per heavy atom. The van der Waals surface area contributed by atoms with Gasteiger partial charge in [-0.2, -0.15) is 0 Å². The molecule has 1 atom stereocenters. The van der Waals surface area contributed by atoms with E-state index in [1.54, 1.807) is 19.9 Å². The number of rotatable bonds is 7. The van der Waals surface area contributed by atoms with Crippen molar-refractivity contribution in [2.24, 2.45) is 0 Å². The molecule has 1 aromatic carbocycles. The summed E-state index contributed by atoms with van der Waals surface area (Å²) in [5.41, 5.74) is 0.149. The molecule has 0 aliphatic carbocycles. The second kappa shape index (κ2) is 6.70. The van der Waals surface area contributed by atoms with E-state index in [1.165, 1.54) is 19.2 Å². The topological polar surface area (TPSA) is 78.7 Å². The number of nitrogens with zero attached hydrogens (tertiary/aromatic N) is 1. The highest BCUT2D eigenvalue weighted by Gasteiger charge is 2.26. The van der Waals surface area contributed by atoms with E-state index in [9.17, 15) is 14.9 Å². The Labute approximate surface area is 117 Å². The van der Waals surface area contributed by atoms with E-state index >= 15 is 0 Å². The van der Waals surface area contributed by atoms with Gasteiger partial charge in [-0.15, -0.1) is 0 Å². The first-order valence-corrected chi connectivity index (χ1v) is 6.10. The summed E-state index contributed by atoms with van der Waals surface area (Å²) < 4.78 is 10.0. The fraction of sp³-hybridized carbons (Fsp3) is 0.357. The Kier molecular flexibility index (Phi) is 5.25. The lowest BCUT2D eigenvalue weighted by Gasteiger charge is -2.13. The highest BCUT2D eigenvalue weighted by atomic mass is 16.6. The van der Waals surface area contributed by atoms with Crippen molar-refractivity contribution in [1.29, 1.82) is 0 Å². The van der Waals surface area contributed by atoms with Gasteiger partial charge in [0.25, 0.3) is 5.69 Å². The molecule has 0 aromatic heterocycles. The van der Waals surface area contributed by atoms with Crippen LogP contribution in [-0.4, -0.2) is 24.4 Å². The van der Waals surface area contributed by atoms with Crippen LogP contribution in [0.15, 0.2) is 30.5 Å². The standard InChI is InChI=1S/C14H17NO5/c1-5-20-10(3)14(16)9(2)12-7-6-11(19-4)8-13(12)15(17)18/h6-9H,3,5H2,1-2,4H3/t9-/m0/s1. The second-order valence-electron chi connectivity index (χ2n) is 4.12. The third-order valence-corrected chi connectivity index (χ3v) is 2.89. The van der Waals surface area contributed by atoms with Crippen molar-refractivity contribution in [2.45, 2.75) is 19.8 Å². The zero-order valence-electron chi connectivity index (χ0n) is 11.7. The van der Waals surface area contributed by atoms with Crippen LogP contribution in [0.5, 0.6) is 5.75 Å². The van der Waals surface area contributed by atoms with Gasteiger partial charge < -0.3 is 9.47 Å². The van der Waals surface area contributed by atoms with Crippen LogP contribution >= 0.6 is 0 Å². The molecular formula is C14H17NO5. The number of benzene rings is 1. The molecule has 20 heavy (non-hydrogen) atoms. The summed E-state index contributed by atoms with van der Waals surface area (Å²) in [6.07, 6.45) is 0. The Balaban J connectivity index is 3.15. The molecule has 0 saturated heterocycles. The first-order chi connectivity index (χ1) is 9.42. The summed E-state index contributed by atoms with van der Waals surface area (Å²) in [5, 5.41) is 11.1. The summed E-state index contributed by atoms with van der Waals surface area (Å²) in [4.78, 5) is 22.6. The minimum Gasteiger partial charge on any atom is -0.497 e. The monoisotopic (exact) mass is 279 g/mol. The molecule has 6 nitrogen and oxygen atoms in total. The van der Waals surface area contributed by atoms with Gasteiger partial charge in [-0.1, -0.05) is 13.5 Å². The molecule has 0 N–H and O–H groups in total. The molecule has 0 amide bonds. The summed E-state index contributed by atoms with van der Waals surface area (Å²) >= 11 is 0. The Hall–Kier alpha value is -2.37. The van der Waals surface area contributed by atoms with Crippen LogP contribution in [0.1, 0.15) is 25.3 Å². The Morgan fingerprint density at radius 3 is 2.65 bits per heavy atom. The number of hydrogen-bond donors (Lipinski definition) is 0. The number of nitro groups is 1. The van der Waals surface area contributed by atoms with E-state index in [0.29, 0.717) is 17.9 Å². The lowest BCUT2D eigenvalue weighted by Crippen LogP contribution is -2.14. The van der Waals surface area contributed by atoms with Crippen LogP contribution in [-0.2, 0) is 9.53 Å². The van der Waals surface area contributed by atoms with Crippen molar-refractivity contribution in [3.8, 4) is 5.75 Å². The molecule has 0 heterocycles. The SMILES string of the molecule is C=C(OCC)C(=O)[C@@H](C)c1ccc(OC)cc1[N+](=O)[O-]. The lowest BCUT2D eigenvalue weighted by atomic mass is 9.94. The minimum absolute atomic E-state index is 0.00474. The number of ether oxygens (including phenoxy) is 2. The van der Waals surface area contributed by atoms with Gasteiger partial charge in [0, 0.05) is 5.56 Å². The lowest BCUT2D eigenvalue weighted by molar-refractivity contribution is -0.385. The summed E-state index contributed by atoms with van der Waals surface area (Å²) in [6, 6.07) is 4.39. The van der Waals surface area contributed by atoms with E-state index in [0.717, 1.165) is 0 Å². The van der Waals surface area contributed by atoms with Crippen LogP contribution in [0, 0.1) is 10.1 Å². The van der Waals surface area contributed by atoms with Crippen LogP contribution in [0.2, 0.25) is 0 Å². The number of ketones is 1. The van der Waals surface area contributed by atoms with Gasteiger partial charge in [-0.05, 0) is 19.1 Å². The maximum atomic E-state index is 12.1. The van der Waals surface area contributed by atoms with E-state index in [1.807, 2.05) is 0 Å². The van der Waals surface area contributed by atoms with Gasteiger partial charge in [-0.25, -0.2) is 0 Å². The Bertz CT molecular complexity index is 538. The van der Waals surface area contributed by atoms with Gasteiger partial charge in [0.1, 0.15) is 5.75 Å². The largest absolute Gasteiger partial charge is 0.497 e. The van der Waals surface area contributed by atoms with Crippen molar-refractivity contribution in [1.82, 2.24) is 0 Å². The average Bonchev–Trinajstić information content (AvgIpc) is 2.45. The molecule has 108 valence electrons. The number of carbonyl (C=O) groups excluding carboxylic acids is 1. The van der Waals surface area contributed by atoms with Crippen molar-refractivity contribution in [2.75, 3.05) is 13.7 Å². The predicted octanol–water partition coefficient (Wildman–Crippen LogP) is 2.83. The third kappa shape index (κ3) is 3.34. The van der Waals surface area contributed by atoms with Crippen molar-refractivity contribution >= 4 is 11.5 Å². The molecule has 0 radical (unpaired) electrons. The fourth-order valence-corrected chi connectivity index (χ4v) is 1.80. The zero-order chi connectivity index (χ0) is 15.3. The van der Waals surface area contributed by atoms with Gasteiger partial charge in [-0.3, -0.25) is 14.9 Å². The van der Waals surface area contributed by atoms with Gasteiger partial charge >= 0.3 is 0 Å². The second-order valence-corrected chi connectivity index (χ2v) is 4.12. The molecule has 0 aliphatic heterocycles. The smallest absolute Gasteiger partial charge is 0.277 e. The number of nitro benzene ring substituents is 1. The highest BCUT2D eigenvalue weighted by molar-refractivity contribution is 5.98. The van der Waals surface area contributed by atoms with Gasteiger partial charge in [0.15, 0.2) is 5.76 Å². The molecule has 0 spiro atoms. The molecule has 1 rings (SSSR count). The normalized spacial score (nSPS) is 11.6. The van der Waals surface area contributed by atoms with E-state index in [2.05, 4.69) is 6.58 Å². The van der Waals surface area contributed by atoms with Gasteiger partial charge in [0.2, 0.25) is 5.78 Å². The average molecular weight is 279 g/mol. The molecule has 0 aliphatic rings. The predicted molar refractivity (Wildman–Crippen MR) is 73.8 cm³/mol. The first kappa shape index (κ1) is 15.7. The van der Waals surface area contributed by atoms with Crippen LogP contribution < -0.4 is 4.74 Å². The van der Waals surface area contributed by atoms with Crippen LogP contribution in [0.25, 0.3) is 0 Å². The quantitative estimate of drug-likeness (QED) is 0.332. The Morgan fingerprint density at radius 2 is 2.15 bits per heavy atom. The molecular weight excluding hydrogens is 262 g/mol. The summed E-state index contributed by atoms with van der Waals surface area (Å²) in [7, 11) is 1.42. The van der Waals surface area contributed by atoms with E-state index in [-0.39, 0.29) is 17.2 Å².